The van der Waals surface area contributed by atoms with Gasteiger partial charge in [-0.3, -0.25) is 0 Å². The number of rotatable bonds is 4. The highest BCUT2D eigenvalue weighted by Gasteiger charge is 2.27. The maximum Gasteiger partial charge on any atom is 0.401 e. The van der Waals surface area contributed by atoms with E-state index in [9.17, 15) is 9.46 Å². The van der Waals surface area contributed by atoms with Gasteiger partial charge in [-0.25, -0.2) is 4.57 Å². The second-order valence-corrected chi connectivity index (χ2v) is 6.41. The predicted molar refractivity (Wildman–Crippen MR) is 74.0 cm³/mol. The van der Waals surface area contributed by atoms with E-state index in [2.05, 4.69) is 6.92 Å². The van der Waals surface area contributed by atoms with E-state index in [1.54, 1.807) is 18.2 Å². The second kappa shape index (κ2) is 5.48. The maximum absolute atomic E-state index is 11.7. The van der Waals surface area contributed by atoms with Crippen LogP contribution in [0.4, 0.5) is 0 Å². The molecule has 1 aliphatic rings. The van der Waals surface area contributed by atoms with Gasteiger partial charge in [-0.15, -0.1) is 0 Å². The molecule has 1 heterocycles. The van der Waals surface area contributed by atoms with E-state index in [1.165, 1.54) is 5.82 Å². The SMILES string of the molecule is CCCCCC1=CP(=O)(O)Oc2ccc(Cl)cc21. The van der Waals surface area contributed by atoms with Crippen LogP contribution >= 0.6 is 19.2 Å². The van der Waals surface area contributed by atoms with E-state index in [-0.39, 0.29) is 0 Å². The van der Waals surface area contributed by atoms with Crippen LogP contribution < -0.4 is 4.52 Å². The van der Waals surface area contributed by atoms with Crippen LogP contribution in [0, 0.1) is 0 Å². The number of allylic oxidation sites excluding steroid dienone is 1. The van der Waals surface area contributed by atoms with Crippen LogP contribution in [0.2, 0.25) is 5.02 Å². The third-order valence-electron chi connectivity index (χ3n) is 2.89. The van der Waals surface area contributed by atoms with E-state index < -0.39 is 7.60 Å². The van der Waals surface area contributed by atoms with Crippen molar-refractivity contribution < 1.29 is 14.0 Å². The van der Waals surface area contributed by atoms with E-state index in [0.717, 1.165) is 36.8 Å². The van der Waals surface area contributed by atoms with Crippen LogP contribution in [0.5, 0.6) is 5.75 Å². The lowest BCUT2D eigenvalue weighted by molar-refractivity contribution is 0.390. The molecule has 0 saturated heterocycles. The van der Waals surface area contributed by atoms with Crippen LogP contribution in [-0.4, -0.2) is 4.89 Å². The fourth-order valence-electron chi connectivity index (χ4n) is 2.03. The summed E-state index contributed by atoms with van der Waals surface area (Å²) in [5.41, 5.74) is 1.69. The number of hydrogen-bond donors (Lipinski definition) is 1. The molecule has 0 fully saturated rings. The molecule has 0 radical (unpaired) electrons. The van der Waals surface area contributed by atoms with Crippen LogP contribution in [0.1, 0.15) is 38.2 Å². The van der Waals surface area contributed by atoms with Crippen molar-refractivity contribution in [2.75, 3.05) is 0 Å². The van der Waals surface area contributed by atoms with E-state index in [4.69, 9.17) is 16.1 Å². The lowest BCUT2D eigenvalue weighted by atomic mass is 10.0. The summed E-state index contributed by atoms with van der Waals surface area (Å²) in [5, 5.41) is 0.605. The molecule has 1 atom stereocenters. The monoisotopic (exact) mass is 286 g/mol. The minimum atomic E-state index is -3.64. The summed E-state index contributed by atoms with van der Waals surface area (Å²) < 4.78 is 16.8. The standard InChI is InChI=1S/C13H16ClO3P/c1-2-3-4-5-10-9-18(15,16)17-13-7-6-11(14)8-12(10)13/h6-9H,2-5H2,1H3,(H,15,16). The van der Waals surface area contributed by atoms with Crippen molar-refractivity contribution in [1.29, 1.82) is 0 Å². The van der Waals surface area contributed by atoms with Crippen molar-refractivity contribution in [2.45, 2.75) is 32.6 Å². The average Bonchev–Trinajstić information content (AvgIpc) is 2.29. The first kappa shape index (κ1) is 13.7. The van der Waals surface area contributed by atoms with Crippen molar-refractivity contribution >= 4 is 24.8 Å². The zero-order chi connectivity index (χ0) is 13.2. The molecule has 5 heteroatoms. The van der Waals surface area contributed by atoms with Crippen molar-refractivity contribution in [2.24, 2.45) is 0 Å². The Morgan fingerprint density at radius 2 is 2.17 bits per heavy atom. The van der Waals surface area contributed by atoms with Crippen LogP contribution in [-0.2, 0) is 4.57 Å². The molecule has 98 valence electrons. The topological polar surface area (TPSA) is 46.5 Å². The van der Waals surface area contributed by atoms with E-state index in [0.29, 0.717) is 10.8 Å². The van der Waals surface area contributed by atoms with Crippen molar-refractivity contribution in [3.63, 3.8) is 0 Å². The average molecular weight is 287 g/mol. The van der Waals surface area contributed by atoms with Gasteiger partial charge in [-0.2, -0.15) is 0 Å². The highest BCUT2D eigenvalue weighted by molar-refractivity contribution is 7.57. The zero-order valence-corrected chi connectivity index (χ0v) is 11.9. The van der Waals surface area contributed by atoms with Gasteiger partial charge in [0.2, 0.25) is 0 Å². The quantitative estimate of drug-likeness (QED) is 0.636. The van der Waals surface area contributed by atoms with Crippen molar-refractivity contribution in [3.05, 3.63) is 34.6 Å². The highest BCUT2D eigenvalue weighted by atomic mass is 35.5. The first-order chi connectivity index (χ1) is 8.52. The summed E-state index contributed by atoms with van der Waals surface area (Å²) in [6.45, 7) is 2.13. The number of halogens is 1. The third-order valence-corrected chi connectivity index (χ3v) is 4.22. The van der Waals surface area contributed by atoms with Gasteiger partial charge in [0.25, 0.3) is 0 Å². The van der Waals surface area contributed by atoms with E-state index in [1.807, 2.05) is 0 Å². The van der Waals surface area contributed by atoms with Gasteiger partial charge in [-0.05, 0) is 36.6 Å². The number of hydrogen-bond acceptors (Lipinski definition) is 2. The predicted octanol–water partition coefficient (Wildman–Crippen LogP) is 4.84. The number of fused-ring (bicyclic) bond motifs is 1. The van der Waals surface area contributed by atoms with Gasteiger partial charge < -0.3 is 9.42 Å². The van der Waals surface area contributed by atoms with Gasteiger partial charge in [0.05, 0.1) is 0 Å². The molecular formula is C13H16ClO3P. The van der Waals surface area contributed by atoms with E-state index >= 15 is 0 Å². The lowest BCUT2D eigenvalue weighted by Gasteiger charge is -2.22. The van der Waals surface area contributed by atoms with Gasteiger partial charge in [0.1, 0.15) is 5.75 Å². The molecular weight excluding hydrogens is 271 g/mol. The Labute approximate surface area is 112 Å². The summed E-state index contributed by atoms with van der Waals surface area (Å²) in [4.78, 5) is 9.64. The molecule has 1 aromatic carbocycles. The first-order valence-corrected chi connectivity index (χ1v) is 8.08. The first-order valence-electron chi connectivity index (χ1n) is 6.05. The normalized spacial score (nSPS) is 22.1. The molecule has 3 nitrogen and oxygen atoms in total. The molecule has 1 N–H and O–H groups in total. The largest absolute Gasteiger partial charge is 0.421 e. The minimum absolute atomic E-state index is 0.444. The van der Waals surface area contributed by atoms with Gasteiger partial charge in [-0.1, -0.05) is 31.4 Å². The summed E-state index contributed by atoms with van der Waals surface area (Å²) in [6, 6.07) is 5.09. The Balaban J connectivity index is 2.33. The highest BCUT2D eigenvalue weighted by Crippen LogP contribution is 2.53. The lowest BCUT2D eigenvalue weighted by Crippen LogP contribution is -2.01. The minimum Gasteiger partial charge on any atom is -0.421 e. The fourth-order valence-corrected chi connectivity index (χ4v) is 3.36. The number of benzene rings is 1. The van der Waals surface area contributed by atoms with Crippen molar-refractivity contribution in [3.8, 4) is 5.75 Å². The molecule has 1 aliphatic heterocycles. The summed E-state index contributed by atoms with van der Waals surface area (Å²) >= 11 is 5.96. The molecule has 1 aromatic rings. The fraction of sp³-hybridized carbons (Fsp3) is 0.385. The Morgan fingerprint density at radius 3 is 2.89 bits per heavy atom. The smallest absolute Gasteiger partial charge is 0.401 e. The summed E-state index contributed by atoms with van der Waals surface area (Å²) in [7, 11) is -3.64. The molecule has 1 unspecified atom stereocenters. The summed E-state index contributed by atoms with van der Waals surface area (Å²) in [5.74, 6) is 1.79. The van der Waals surface area contributed by atoms with Crippen LogP contribution in [0.25, 0.3) is 5.57 Å². The van der Waals surface area contributed by atoms with Crippen LogP contribution in [0.15, 0.2) is 24.0 Å². The Morgan fingerprint density at radius 1 is 1.39 bits per heavy atom. The van der Waals surface area contributed by atoms with Gasteiger partial charge in [0, 0.05) is 16.4 Å². The molecule has 0 aromatic heterocycles. The molecule has 0 spiro atoms. The maximum atomic E-state index is 11.7. The van der Waals surface area contributed by atoms with Crippen molar-refractivity contribution in [1.82, 2.24) is 0 Å². The number of unbranched alkanes of at least 4 members (excludes halogenated alkanes) is 2. The molecule has 0 bridgehead atoms. The molecule has 0 amide bonds. The second-order valence-electron chi connectivity index (χ2n) is 4.41. The molecule has 0 aliphatic carbocycles. The van der Waals surface area contributed by atoms with Crippen LogP contribution in [0.3, 0.4) is 0 Å². The summed E-state index contributed by atoms with van der Waals surface area (Å²) in [6.07, 6.45) is 3.98. The zero-order valence-electron chi connectivity index (χ0n) is 10.2. The Hall–Kier alpha value is -0.760. The molecule has 2 rings (SSSR count). The molecule has 18 heavy (non-hydrogen) atoms. The Bertz CT molecular complexity index is 525. The van der Waals surface area contributed by atoms with Gasteiger partial charge >= 0.3 is 7.60 Å². The molecule has 0 saturated carbocycles. The third kappa shape index (κ3) is 3.17. The van der Waals surface area contributed by atoms with Gasteiger partial charge in [0.15, 0.2) is 0 Å². The Kier molecular flexibility index (Phi) is 4.16.